The predicted molar refractivity (Wildman–Crippen MR) is 120 cm³/mol. The summed E-state index contributed by atoms with van der Waals surface area (Å²) in [5.74, 6) is 2.30. The van der Waals surface area contributed by atoms with Crippen LogP contribution in [0, 0.1) is 20.8 Å². The molecule has 1 aliphatic heterocycles. The van der Waals surface area contributed by atoms with Gasteiger partial charge in [0.15, 0.2) is 5.65 Å². The first-order chi connectivity index (χ1) is 14.6. The average molecular weight is 400 g/mol. The molecule has 0 spiro atoms. The molecule has 0 amide bonds. The first-order valence-electron chi connectivity index (χ1n) is 10.5. The van der Waals surface area contributed by atoms with Gasteiger partial charge in [0.05, 0.1) is 25.0 Å². The van der Waals surface area contributed by atoms with Gasteiger partial charge >= 0.3 is 0 Å². The van der Waals surface area contributed by atoms with E-state index < -0.39 is 0 Å². The summed E-state index contributed by atoms with van der Waals surface area (Å²) >= 11 is 0. The lowest BCUT2D eigenvalue weighted by Gasteiger charge is -2.32. The van der Waals surface area contributed by atoms with Crippen LogP contribution < -0.4 is 14.8 Å². The summed E-state index contributed by atoms with van der Waals surface area (Å²) in [6.45, 7) is 10.1. The van der Waals surface area contributed by atoms with Gasteiger partial charge in [-0.15, -0.1) is 0 Å². The quantitative estimate of drug-likeness (QED) is 0.529. The molecule has 1 fully saturated rings. The fraction of sp³-hybridized carbons (Fsp3) is 0.292. The maximum Gasteiger partial charge on any atom is 0.274 e. The Kier molecular flexibility index (Phi) is 4.62. The summed E-state index contributed by atoms with van der Waals surface area (Å²) in [4.78, 5) is 13.1. The summed E-state index contributed by atoms with van der Waals surface area (Å²) in [5, 5.41) is 4.72. The smallest absolute Gasteiger partial charge is 0.274 e. The monoisotopic (exact) mass is 399 g/mol. The van der Waals surface area contributed by atoms with Crippen molar-refractivity contribution in [3.63, 3.8) is 0 Å². The fourth-order valence-electron chi connectivity index (χ4n) is 4.16. The molecule has 0 aliphatic carbocycles. The molecule has 0 atom stereocenters. The lowest BCUT2D eigenvalue weighted by molar-refractivity contribution is -0.373. The van der Waals surface area contributed by atoms with Gasteiger partial charge < -0.3 is 4.90 Å². The van der Waals surface area contributed by atoms with Gasteiger partial charge in [-0.25, -0.2) is 9.97 Å². The first-order valence-corrected chi connectivity index (χ1v) is 10.5. The van der Waals surface area contributed by atoms with Gasteiger partial charge in [-0.3, -0.25) is 4.90 Å². The van der Waals surface area contributed by atoms with E-state index in [9.17, 15) is 0 Å². The van der Waals surface area contributed by atoms with E-state index in [1.54, 1.807) is 0 Å². The van der Waals surface area contributed by atoms with Crippen LogP contribution in [0.15, 0.2) is 54.7 Å². The van der Waals surface area contributed by atoms with E-state index in [-0.39, 0.29) is 0 Å². The standard InChI is InChI=1S/C24H26N6/c1-17-7-9-20(10-8-17)21-16-25-30-23(15-19(3)27-24(21)30)29-13-11-28(12-14-29)22-6-4-5-18(2)26-22/h4-10,15-16H,11-14H2,1-3H3/p+1. The first kappa shape index (κ1) is 18.6. The van der Waals surface area contributed by atoms with Crippen LogP contribution in [0.2, 0.25) is 0 Å². The number of hydrogen-bond acceptors (Lipinski definition) is 4. The number of hydrogen-bond donors (Lipinski definition) is 0. The second-order valence-electron chi connectivity index (χ2n) is 8.11. The molecule has 30 heavy (non-hydrogen) atoms. The maximum atomic E-state index is 4.82. The second-order valence-corrected chi connectivity index (χ2v) is 8.11. The highest BCUT2D eigenvalue weighted by atomic mass is 15.4. The molecule has 5 rings (SSSR count). The Bertz CT molecular complexity index is 1190. The molecular formula is C24H27N6+. The molecule has 0 bridgehead atoms. The van der Waals surface area contributed by atoms with Gasteiger partial charge in [-0.1, -0.05) is 35.9 Å². The Hall–Kier alpha value is -3.41. The van der Waals surface area contributed by atoms with E-state index in [0.29, 0.717) is 0 Å². The third kappa shape index (κ3) is 3.38. The molecule has 0 saturated carbocycles. The predicted octanol–water partition coefficient (Wildman–Crippen LogP) is 3.46. The van der Waals surface area contributed by atoms with Gasteiger partial charge in [-0.2, -0.15) is 9.61 Å². The Morgan fingerprint density at radius 2 is 1.60 bits per heavy atom. The number of H-pyrrole nitrogens is 1. The normalized spacial score (nSPS) is 14.5. The number of benzene rings is 1. The van der Waals surface area contributed by atoms with Crippen molar-refractivity contribution in [1.82, 2.24) is 14.6 Å². The molecule has 152 valence electrons. The maximum absolute atomic E-state index is 4.82. The number of rotatable bonds is 3. The SMILES string of the molecule is Cc1ccc(-c2cnn3c(N4CCN(c5cccc(C)[nH+]5)CC4)cc(C)nc23)cc1. The fourth-order valence-corrected chi connectivity index (χ4v) is 4.16. The third-order valence-electron chi connectivity index (χ3n) is 5.81. The van der Waals surface area contributed by atoms with Crippen molar-refractivity contribution in [1.29, 1.82) is 0 Å². The van der Waals surface area contributed by atoms with Crippen LogP contribution in [-0.2, 0) is 0 Å². The van der Waals surface area contributed by atoms with Gasteiger partial charge in [0.1, 0.15) is 18.9 Å². The molecule has 1 aromatic carbocycles. The minimum absolute atomic E-state index is 0.920. The van der Waals surface area contributed by atoms with Crippen LogP contribution in [0.1, 0.15) is 17.0 Å². The summed E-state index contributed by atoms with van der Waals surface area (Å²) in [5.41, 5.74) is 6.60. The van der Waals surface area contributed by atoms with Crippen molar-refractivity contribution in [2.45, 2.75) is 20.8 Å². The summed E-state index contributed by atoms with van der Waals surface area (Å²) < 4.78 is 2.00. The van der Waals surface area contributed by atoms with Crippen molar-refractivity contribution >= 4 is 17.3 Å². The zero-order valence-corrected chi connectivity index (χ0v) is 17.8. The minimum Gasteiger partial charge on any atom is -0.349 e. The molecule has 0 unspecified atom stereocenters. The largest absolute Gasteiger partial charge is 0.349 e. The van der Waals surface area contributed by atoms with Gasteiger partial charge in [-0.05, 0) is 32.4 Å². The van der Waals surface area contributed by atoms with E-state index in [0.717, 1.165) is 54.5 Å². The second kappa shape index (κ2) is 7.44. The highest BCUT2D eigenvalue weighted by Crippen LogP contribution is 2.28. The number of aromatic nitrogens is 4. The number of piperazine rings is 1. The summed E-state index contributed by atoms with van der Waals surface area (Å²) in [6, 6.07) is 17.1. The van der Waals surface area contributed by atoms with E-state index in [1.165, 1.54) is 17.1 Å². The summed E-state index contributed by atoms with van der Waals surface area (Å²) in [7, 11) is 0. The molecule has 4 heterocycles. The molecule has 6 nitrogen and oxygen atoms in total. The number of pyridine rings is 1. The minimum atomic E-state index is 0.920. The van der Waals surface area contributed by atoms with Crippen LogP contribution in [0.3, 0.4) is 0 Å². The lowest BCUT2D eigenvalue weighted by Crippen LogP contribution is -2.48. The van der Waals surface area contributed by atoms with Crippen molar-refractivity contribution in [3.05, 3.63) is 71.7 Å². The van der Waals surface area contributed by atoms with Gasteiger partial charge in [0.25, 0.3) is 5.82 Å². The third-order valence-corrected chi connectivity index (χ3v) is 5.81. The zero-order valence-electron chi connectivity index (χ0n) is 17.8. The molecule has 6 heteroatoms. The van der Waals surface area contributed by atoms with Crippen LogP contribution in [0.4, 0.5) is 11.6 Å². The van der Waals surface area contributed by atoms with Crippen LogP contribution in [0.5, 0.6) is 0 Å². The Balaban J connectivity index is 1.44. The van der Waals surface area contributed by atoms with E-state index in [4.69, 9.17) is 10.1 Å². The highest BCUT2D eigenvalue weighted by Gasteiger charge is 2.26. The van der Waals surface area contributed by atoms with Gasteiger partial charge in [0, 0.05) is 23.4 Å². The Labute approximate surface area is 176 Å². The molecule has 3 aromatic heterocycles. The summed E-state index contributed by atoms with van der Waals surface area (Å²) in [6.07, 6.45) is 1.94. The molecule has 4 aromatic rings. The van der Waals surface area contributed by atoms with E-state index in [2.05, 4.69) is 84.1 Å². The molecule has 1 saturated heterocycles. The lowest BCUT2D eigenvalue weighted by atomic mass is 10.1. The topological polar surface area (TPSA) is 50.8 Å². The van der Waals surface area contributed by atoms with Crippen molar-refractivity contribution in [2.24, 2.45) is 0 Å². The average Bonchev–Trinajstić information content (AvgIpc) is 3.17. The van der Waals surface area contributed by atoms with E-state index >= 15 is 0 Å². The van der Waals surface area contributed by atoms with Gasteiger partial charge in [0.2, 0.25) is 0 Å². The number of anilines is 2. The van der Waals surface area contributed by atoms with Crippen LogP contribution in [0.25, 0.3) is 16.8 Å². The molecule has 0 radical (unpaired) electrons. The molecule has 1 aliphatic rings. The number of nitrogens with zero attached hydrogens (tertiary/aromatic N) is 5. The zero-order chi connectivity index (χ0) is 20.7. The van der Waals surface area contributed by atoms with Crippen molar-refractivity contribution in [2.75, 3.05) is 36.0 Å². The number of aryl methyl sites for hydroxylation is 3. The van der Waals surface area contributed by atoms with Crippen molar-refractivity contribution in [3.8, 4) is 11.1 Å². The van der Waals surface area contributed by atoms with Crippen molar-refractivity contribution < 1.29 is 4.98 Å². The number of fused-ring (bicyclic) bond motifs is 1. The Morgan fingerprint density at radius 3 is 2.33 bits per heavy atom. The van der Waals surface area contributed by atoms with E-state index in [1.807, 2.05) is 10.7 Å². The highest BCUT2D eigenvalue weighted by molar-refractivity contribution is 5.78. The van der Waals surface area contributed by atoms with Crippen LogP contribution >= 0.6 is 0 Å². The Morgan fingerprint density at radius 1 is 0.867 bits per heavy atom. The van der Waals surface area contributed by atoms with Crippen LogP contribution in [-0.4, -0.2) is 40.8 Å². The molecular weight excluding hydrogens is 372 g/mol. The number of aromatic amines is 1. The number of nitrogens with one attached hydrogen (secondary N) is 1. The molecule has 1 N–H and O–H groups in total.